The Hall–Kier alpha value is -0.860. The fraction of sp³-hybridized carbons (Fsp3) is 0.417. The largest absolute Gasteiger partial charge is 0.385 e. The highest BCUT2D eigenvalue weighted by molar-refractivity contribution is 6.30. The second-order valence-electron chi connectivity index (χ2n) is 3.57. The molecule has 0 saturated carbocycles. The minimum absolute atomic E-state index is 0.126. The Balaban J connectivity index is 2.54. The molecule has 1 aromatic carbocycles. The summed E-state index contributed by atoms with van der Waals surface area (Å²) in [4.78, 5) is 11.5. The summed E-state index contributed by atoms with van der Waals surface area (Å²) >= 11 is 5.73. The van der Waals surface area contributed by atoms with E-state index >= 15 is 0 Å². The van der Waals surface area contributed by atoms with Crippen LogP contribution in [0.3, 0.4) is 0 Å². The van der Waals surface area contributed by atoms with Crippen LogP contribution in [-0.2, 0) is 11.2 Å². The third-order valence-corrected chi connectivity index (χ3v) is 2.48. The summed E-state index contributed by atoms with van der Waals surface area (Å²) in [5, 5.41) is 10.1. The van der Waals surface area contributed by atoms with Crippen LogP contribution < -0.4 is 0 Å². The van der Waals surface area contributed by atoms with E-state index in [1.165, 1.54) is 0 Å². The number of hydrogen-bond donors (Lipinski definition) is 1. The molecule has 0 aliphatic carbocycles. The summed E-state index contributed by atoms with van der Waals surface area (Å²) < 4.78 is 0. The number of halogens is 1. The zero-order valence-electron chi connectivity index (χ0n) is 8.74. The van der Waals surface area contributed by atoms with Crippen LogP contribution in [0.5, 0.6) is 0 Å². The lowest BCUT2D eigenvalue weighted by molar-refractivity contribution is -0.126. The maximum Gasteiger partial charge on any atom is 0.165 e. The van der Waals surface area contributed by atoms with E-state index in [0.29, 0.717) is 11.4 Å². The van der Waals surface area contributed by atoms with Crippen LogP contribution in [0.25, 0.3) is 0 Å². The molecule has 1 N–H and O–H groups in total. The monoisotopic (exact) mass is 226 g/mol. The van der Waals surface area contributed by atoms with E-state index in [-0.39, 0.29) is 12.2 Å². The first kappa shape index (κ1) is 12.2. The molecule has 0 aliphatic rings. The molecule has 0 fully saturated rings. The number of aliphatic hydroxyl groups excluding tert-OH is 1. The molecule has 2 nitrogen and oxygen atoms in total. The van der Waals surface area contributed by atoms with Crippen molar-refractivity contribution in [3.8, 4) is 0 Å². The molecule has 82 valence electrons. The van der Waals surface area contributed by atoms with Gasteiger partial charge in [0.2, 0.25) is 0 Å². The van der Waals surface area contributed by atoms with Gasteiger partial charge in [0.15, 0.2) is 5.78 Å². The van der Waals surface area contributed by atoms with Gasteiger partial charge in [-0.05, 0) is 24.1 Å². The lowest BCUT2D eigenvalue weighted by Gasteiger charge is -2.07. The van der Waals surface area contributed by atoms with Crippen LogP contribution in [0.2, 0.25) is 5.02 Å². The number of carbonyl (C=O) groups is 1. The first-order valence-corrected chi connectivity index (χ1v) is 5.46. The van der Waals surface area contributed by atoms with Gasteiger partial charge in [-0.3, -0.25) is 4.79 Å². The van der Waals surface area contributed by atoms with Gasteiger partial charge in [-0.2, -0.15) is 0 Å². The van der Waals surface area contributed by atoms with Crippen molar-refractivity contribution >= 4 is 17.4 Å². The summed E-state index contributed by atoms with van der Waals surface area (Å²) in [5.41, 5.74) is 0.888. The first-order chi connectivity index (χ1) is 7.13. The van der Waals surface area contributed by atoms with Gasteiger partial charge < -0.3 is 5.11 Å². The van der Waals surface area contributed by atoms with Gasteiger partial charge in [-0.25, -0.2) is 0 Å². The fourth-order valence-electron chi connectivity index (χ4n) is 1.36. The standard InChI is InChI=1S/C12H15ClO2/c1-2-3-11(14)12(15)8-9-4-6-10(13)7-5-9/h4-7,11,14H,2-3,8H2,1H3. The molecular weight excluding hydrogens is 212 g/mol. The number of carbonyl (C=O) groups excluding carboxylic acids is 1. The van der Waals surface area contributed by atoms with Gasteiger partial charge in [-0.15, -0.1) is 0 Å². The van der Waals surface area contributed by atoms with E-state index in [1.54, 1.807) is 24.3 Å². The topological polar surface area (TPSA) is 37.3 Å². The van der Waals surface area contributed by atoms with E-state index < -0.39 is 6.10 Å². The van der Waals surface area contributed by atoms with Crippen LogP contribution in [0.1, 0.15) is 25.3 Å². The Morgan fingerprint density at radius 1 is 1.40 bits per heavy atom. The minimum Gasteiger partial charge on any atom is -0.385 e. The molecule has 1 rings (SSSR count). The maximum absolute atomic E-state index is 11.5. The van der Waals surface area contributed by atoms with Crippen molar-refractivity contribution in [2.45, 2.75) is 32.3 Å². The Morgan fingerprint density at radius 2 is 2.00 bits per heavy atom. The minimum atomic E-state index is -0.828. The molecule has 0 bridgehead atoms. The molecule has 3 heteroatoms. The molecule has 1 aromatic rings. The Labute approximate surface area is 94.9 Å². The van der Waals surface area contributed by atoms with E-state index in [2.05, 4.69) is 0 Å². The highest BCUT2D eigenvalue weighted by Gasteiger charge is 2.13. The van der Waals surface area contributed by atoms with Crippen molar-refractivity contribution in [2.75, 3.05) is 0 Å². The summed E-state index contributed by atoms with van der Waals surface area (Å²) in [6.45, 7) is 1.94. The molecule has 0 spiro atoms. The lowest BCUT2D eigenvalue weighted by Crippen LogP contribution is -2.21. The van der Waals surface area contributed by atoms with Gasteiger partial charge >= 0.3 is 0 Å². The van der Waals surface area contributed by atoms with Crippen molar-refractivity contribution < 1.29 is 9.90 Å². The first-order valence-electron chi connectivity index (χ1n) is 5.08. The van der Waals surface area contributed by atoms with Crippen molar-refractivity contribution in [3.05, 3.63) is 34.9 Å². The zero-order valence-corrected chi connectivity index (χ0v) is 9.50. The van der Waals surface area contributed by atoms with Gasteiger partial charge in [0.25, 0.3) is 0 Å². The van der Waals surface area contributed by atoms with Crippen LogP contribution in [0, 0.1) is 0 Å². The summed E-state index contributed by atoms with van der Waals surface area (Å²) in [5.74, 6) is -0.126. The molecule has 0 saturated heterocycles. The molecule has 0 aromatic heterocycles. The fourth-order valence-corrected chi connectivity index (χ4v) is 1.48. The van der Waals surface area contributed by atoms with Crippen LogP contribution in [-0.4, -0.2) is 17.0 Å². The molecule has 0 aliphatic heterocycles. The van der Waals surface area contributed by atoms with Gasteiger partial charge in [0.1, 0.15) is 6.10 Å². The van der Waals surface area contributed by atoms with Crippen LogP contribution in [0.4, 0.5) is 0 Å². The maximum atomic E-state index is 11.5. The third-order valence-electron chi connectivity index (χ3n) is 2.23. The predicted molar refractivity (Wildman–Crippen MR) is 61.1 cm³/mol. The van der Waals surface area contributed by atoms with E-state index in [9.17, 15) is 9.90 Å². The summed E-state index contributed by atoms with van der Waals surface area (Å²) in [6.07, 6.45) is 0.795. The third kappa shape index (κ3) is 4.02. The number of ketones is 1. The highest BCUT2D eigenvalue weighted by atomic mass is 35.5. The van der Waals surface area contributed by atoms with Gasteiger partial charge in [-0.1, -0.05) is 37.1 Å². The summed E-state index contributed by atoms with van der Waals surface area (Å²) in [6, 6.07) is 7.10. The summed E-state index contributed by atoms with van der Waals surface area (Å²) in [7, 11) is 0. The number of benzene rings is 1. The van der Waals surface area contributed by atoms with E-state index in [1.807, 2.05) is 6.92 Å². The van der Waals surface area contributed by atoms with Crippen LogP contribution in [0.15, 0.2) is 24.3 Å². The van der Waals surface area contributed by atoms with E-state index in [0.717, 1.165) is 12.0 Å². The smallest absolute Gasteiger partial charge is 0.165 e. The molecule has 0 heterocycles. The van der Waals surface area contributed by atoms with E-state index in [4.69, 9.17) is 11.6 Å². The predicted octanol–water partition coefficient (Wildman–Crippen LogP) is 2.61. The molecule has 0 amide bonds. The van der Waals surface area contributed by atoms with Crippen molar-refractivity contribution in [3.63, 3.8) is 0 Å². The van der Waals surface area contributed by atoms with Gasteiger partial charge in [0.05, 0.1) is 0 Å². The quantitative estimate of drug-likeness (QED) is 0.838. The average molecular weight is 227 g/mol. The lowest BCUT2D eigenvalue weighted by atomic mass is 10.0. The molecule has 1 unspecified atom stereocenters. The average Bonchev–Trinajstić information content (AvgIpc) is 2.22. The second kappa shape index (κ2) is 5.89. The van der Waals surface area contributed by atoms with Crippen LogP contribution >= 0.6 is 11.6 Å². The normalized spacial score (nSPS) is 12.5. The van der Waals surface area contributed by atoms with Crippen molar-refractivity contribution in [1.82, 2.24) is 0 Å². The van der Waals surface area contributed by atoms with Crippen molar-refractivity contribution in [2.24, 2.45) is 0 Å². The Morgan fingerprint density at radius 3 is 2.53 bits per heavy atom. The second-order valence-corrected chi connectivity index (χ2v) is 4.01. The molecule has 15 heavy (non-hydrogen) atoms. The molecule has 0 radical (unpaired) electrons. The molecular formula is C12H15ClO2. The zero-order chi connectivity index (χ0) is 11.3. The van der Waals surface area contributed by atoms with Crippen molar-refractivity contribution in [1.29, 1.82) is 0 Å². The number of rotatable bonds is 5. The highest BCUT2D eigenvalue weighted by Crippen LogP contribution is 2.11. The Kier molecular flexibility index (Phi) is 4.79. The number of aliphatic hydroxyl groups is 1. The number of Topliss-reactive ketones (excluding diaryl/α,β-unsaturated/α-hetero) is 1. The van der Waals surface area contributed by atoms with Gasteiger partial charge in [0, 0.05) is 11.4 Å². The Bertz CT molecular complexity index is 319. The molecule has 1 atom stereocenters. The number of hydrogen-bond acceptors (Lipinski definition) is 2. The SMILES string of the molecule is CCCC(O)C(=O)Cc1ccc(Cl)cc1.